The van der Waals surface area contributed by atoms with Gasteiger partial charge in [-0.15, -0.1) is 11.3 Å². The monoisotopic (exact) mass is 338 g/mol. The molecule has 0 saturated heterocycles. The number of amides is 2. The summed E-state index contributed by atoms with van der Waals surface area (Å²) in [5, 5.41) is 10.6. The van der Waals surface area contributed by atoms with E-state index in [0.29, 0.717) is 5.75 Å². The van der Waals surface area contributed by atoms with Crippen LogP contribution in [0.5, 0.6) is 5.75 Å². The Morgan fingerprint density at radius 2 is 2.22 bits per heavy atom. The van der Waals surface area contributed by atoms with Crippen molar-refractivity contribution in [2.45, 2.75) is 26.5 Å². The van der Waals surface area contributed by atoms with Gasteiger partial charge in [0.15, 0.2) is 5.13 Å². The van der Waals surface area contributed by atoms with E-state index in [0.717, 1.165) is 10.8 Å². The predicted octanol–water partition coefficient (Wildman–Crippen LogP) is 3.43. The third-order valence-corrected chi connectivity index (χ3v) is 3.66. The zero-order valence-corrected chi connectivity index (χ0v) is 14.0. The fourth-order valence-electron chi connectivity index (χ4n) is 1.78. The highest BCUT2D eigenvalue weighted by atomic mass is 32.1. The Balaban J connectivity index is 1.89. The van der Waals surface area contributed by atoms with Crippen molar-refractivity contribution >= 4 is 28.2 Å². The zero-order valence-electron chi connectivity index (χ0n) is 13.1. The molecule has 0 atom stereocenters. The van der Waals surface area contributed by atoms with Crippen LogP contribution in [0.1, 0.15) is 19.5 Å². The molecule has 2 aromatic rings. The first-order chi connectivity index (χ1) is 11.0. The molecule has 0 aliphatic rings. The minimum atomic E-state index is -0.551. The number of ether oxygens (including phenoxy) is 1. The van der Waals surface area contributed by atoms with Crippen LogP contribution in [0, 0.1) is 5.82 Å². The van der Waals surface area contributed by atoms with Gasteiger partial charge in [0, 0.05) is 18.5 Å². The van der Waals surface area contributed by atoms with Gasteiger partial charge in [-0.25, -0.2) is 14.2 Å². The summed E-state index contributed by atoms with van der Waals surface area (Å²) in [7, 11) is 1.78. The molecule has 2 rings (SSSR count). The Morgan fingerprint density at radius 3 is 2.83 bits per heavy atom. The van der Waals surface area contributed by atoms with Gasteiger partial charge in [0.05, 0.1) is 24.0 Å². The highest BCUT2D eigenvalue weighted by Crippen LogP contribution is 2.21. The molecule has 6 nitrogen and oxygen atoms in total. The van der Waals surface area contributed by atoms with E-state index >= 15 is 0 Å². The van der Waals surface area contributed by atoms with E-state index in [1.165, 1.54) is 23.5 Å². The number of anilines is 2. The Bertz CT molecular complexity index is 675. The average Bonchev–Trinajstić information content (AvgIpc) is 2.95. The van der Waals surface area contributed by atoms with Gasteiger partial charge >= 0.3 is 6.03 Å². The molecule has 0 spiro atoms. The summed E-state index contributed by atoms with van der Waals surface area (Å²) in [6.45, 7) is 3.98. The zero-order chi connectivity index (χ0) is 16.8. The topological polar surface area (TPSA) is 75.3 Å². The van der Waals surface area contributed by atoms with Gasteiger partial charge in [-0.3, -0.25) is 0 Å². The lowest BCUT2D eigenvalue weighted by Gasteiger charge is -2.12. The molecule has 8 heteroatoms. The van der Waals surface area contributed by atoms with Crippen molar-refractivity contribution < 1.29 is 13.9 Å². The molecule has 1 aromatic heterocycles. The number of hydrogen-bond donors (Lipinski definition) is 3. The van der Waals surface area contributed by atoms with Crippen LogP contribution in [0.3, 0.4) is 0 Å². The van der Waals surface area contributed by atoms with E-state index in [1.807, 2.05) is 19.2 Å². The summed E-state index contributed by atoms with van der Waals surface area (Å²) in [5.41, 5.74) is 0.823. The summed E-state index contributed by atoms with van der Waals surface area (Å²) in [6.07, 6.45) is -0.0443. The lowest BCUT2D eigenvalue weighted by Crippen LogP contribution is -2.28. The highest BCUT2D eigenvalue weighted by Gasteiger charge is 2.09. The van der Waals surface area contributed by atoms with E-state index in [4.69, 9.17) is 4.74 Å². The lowest BCUT2D eigenvalue weighted by atomic mass is 10.3. The van der Waals surface area contributed by atoms with E-state index in [2.05, 4.69) is 20.9 Å². The molecule has 3 N–H and O–H groups in total. The molecule has 0 aliphatic carbocycles. The van der Waals surface area contributed by atoms with Crippen LogP contribution in [-0.4, -0.2) is 24.2 Å². The van der Waals surface area contributed by atoms with Crippen molar-refractivity contribution in [2.75, 3.05) is 17.7 Å². The number of carbonyl (C=O) groups excluding carboxylic acids is 1. The van der Waals surface area contributed by atoms with E-state index in [1.54, 1.807) is 13.1 Å². The van der Waals surface area contributed by atoms with Crippen LogP contribution < -0.4 is 20.7 Å². The van der Waals surface area contributed by atoms with Crippen LogP contribution in [0.25, 0.3) is 0 Å². The van der Waals surface area contributed by atoms with Crippen LogP contribution in [0.2, 0.25) is 0 Å². The van der Waals surface area contributed by atoms with Crippen LogP contribution in [-0.2, 0) is 6.54 Å². The molecule has 2 amide bonds. The summed E-state index contributed by atoms with van der Waals surface area (Å²) in [6, 6.07) is 3.82. The summed E-state index contributed by atoms with van der Waals surface area (Å²) in [5.74, 6) is -0.130. The first-order valence-corrected chi connectivity index (χ1v) is 7.99. The van der Waals surface area contributed by atoms with E-state index in [9.17, 15) is 9.18 Å². The van der Waals surface area contributed by atoms with E-state index in [-0.39, 0.29) is 18.3 Å². The number of carbonyl (C=O) groups is 1. The second-order valence-corrected chi connectivity index (χ2v) is 5.87. The largest absolute Gasteiger partial charge is 0.491 e. The van der Waals surface area contributed by atoms with Crippen molar-refractivity contribution in [1.29, 1.82) is 0 Å². The SMILES string of the molecule is CNc1nc(CNC(=O)Nc2ccc(OC(C)C)cc2F)cs1. The quantitative estimate of drug-likeness (QED) is 0.754. The Morgan fingerprint density at radius 1 is 1.43 bits per heavy atom. The van der Waals surface area contributed by atoms with Gasteiger partial charge < -0.3 is 20.7 Å². The van der Waals surface area contributed by atoms with Crippen molar-refractivity contribution in [3.8, 4) is 5.75 Å². The Hall–Kier alpha value is -2.35. The van der Waals surface area contributed by atoms with Gasteiger partial charge in [-0.05, 0) is 26.0 Å². The van der Waals surface area contributed by atoms with Gasteiger partial charge in [0.2, 0.25) is 0 Å². The van der Waals surface area contributed by atoms with Gasteiger partial charge in [0.1, 0.15) is 11.6 Å². The third kappa shape index (κ3) is 5.10. The molecular weight excluding hydrogens is 319 g/mol. The molecule has 124 valence electrons. The number of nitrogens with one attached hydrogen (secondary N) is 3. The fourth-order valence-corrected chi connectivity index (χ4v) is 2.45. The standard InChI is InChI=1S/C15H19FN4O2S/c1-9(2)22-11-4-5-13(12(16)6-11)20-14(21)18-7-10-8-23-15(17-3)19-10/h4-6,8-9H,7H2,1-3H3,(H,17,19)(H2,18,20,21). The number of halogens is 1. The number of urea groups is 1. The van der Waals surface area contributed by atoms with Crippen LogP contribution in [0.4, 0.5) is 20.0 Å². The van der Waals surface area contributed by atoms with Crippen molar-refractivity contribution in [1.82, 2.24) is 10.3 Å². The number of thiazole rings is 1. The Labute approximate surface area is 138 Å². The van der Waals surface area contributed by atoms with Crippen molar-refractivity contribution in [3.05, 3.63) is 35.1 Å². The van der Waals surface area contributed by atoms with Crippen molar-refractivity contribution in [3.63, 3.8) is 0 Å². The van der Waals surface area contributed by atoms with Gasteiger partial charge in [0.25, 0.3) is 0 Å². The second kappa shape index (κ2) is 7.77. The van der Waals surface area contributed by atoms with Crippen LogP contribution in [0.15, 0.2) is 23.6 Å². The number of hydrogen-bond acceptors (Lipinski definition) is 5. The molecule has 0 fully saturated rings. The molecule has 0 radical (unpaired) electrons. The number of benzene rings is 1. The second-order valence-electron chi connectivity index (χ2n) is 5.01. The van der Waals surface area contributed by atoms with Crippen molar-refractivity contribution in [2.24, 2.45) is 0 Å². The molecule has 0 aliphatic heterocycles. The average molecular weight is 338 g/mol. The molecule has 23 heavy (non-hydrogen) atoms. The van der Waals surface area contributed by atoms with Crippen LogP contribution >= 0.6 is 11.3 Å². The summed E-state index contributed by atoms with van der Waals surface area (Å²) in [4.78, 5) is 16.1. The predicted molar refractivity (Wildman–Crippen MR) is 89.7 cm³/mol. The molecule has 0 bridgehead atoms. The molecule has 0 unspecified atom stereocenters. The first-order valence-electron chi connectivity index (χ1n) is 7.11. The smallest absolute Gasteiger partial charge is 0.319 e. The maximum atomic E-state index is 13.9. The number of aromatic nitrogens is 1. The van der Waals surface area contributed by atoms with E-state index < -0.39 is 11.8 Å². The summed E-state index contributed by atoms with van der Waals surface area (Å²) < 4.78 is 19.3. The maximum Gasteiger partial charge on any atom is 0.319 e. The van der Waals surface area contributed by atoms with Gasteiger partial charge in [-0.2, -0.15) is 0 Å². The Kier molecular flexibility index (Phi) is 5.75. The highest BCUT2D eigenvalue weighted by molar-refractivity contribution is 7.13. The number of nitrogens with zero attached hydrogens (tertiary/aromatic N) is 1. The molecule has 1 aromatic carbocycles. The minimum Gasteiger partial charge on any atom is -0.491 e. The molecular formula is C15H19FN4O2S. The summed E-state index contributed by atoms with van der Waals surface area (Å²) >= 11 is 1.45. The first kappa shape index (κ1) is 17.0. The molecule has 1 heterocycles. The lowest BCUT2D eigenvalue weighted by molar-refractivity contribution is 0.241. The maximum absolute atomic E-state index is 13.9. The molecule has 0 saturated carbocycles. The third-order valence-electron chi connectivity index (χ3n) is 2.76. The fraction of sp³-hybridized carbons (Fsp3) is 0.333. The van der Waals surface area contributed by atoms with Gasteiger partial charge in [-0.1, -0.05) is 0 Å². The number of rotatable bonds is 6. The minimum absolute atomic E-state index is 0.0443. The normalized spacial score (nSPS) is 10.5.